The van der Waals surface area contributed by atoms with Crippen molar-refractivity contribution in [2.45, 2.75) is 102 Å². The van der Waals surface area contributed by atoms with Gasteiger partial charge in [0.25, 0.3) is 0 Å². The Labute approximate surface area is 345 Å². The summed E-state index contributed by atoms with van der Waals surface area (Å²) in [4.78, 5) is 0. The minimum Gasteiger partial charge on any atom is -0.497 e. The first kappa shape index (κ1) is 36.4. The maximum absolute atomic E-state index is 7.88. The average Bonchev–Trinajstić information content (AvgIpc) is 3.46. The summed E-state index contributed by atoms with van der Waals surface area (Å²) >= 11 is 0. The van der Waals surface area contributed by atoms with Crippen molar-refractivity contribution in [3.8, 4) is 34.1 Å². The molecule has 0 unspecified atom stereocenters. The predicted octanol–water partition coefficient (Wildman–Crippen LogP) is 13.2. The number of ether oxygens (including phenoxy) is 4. The van der Waals surface area contributed by atoms with Crippen LogP contribution in [0.3, 0.4) is 0 Å². The number of hydrogen-bond acceptors (Lipinski definition) is 4. The van der Waals surface area contributed by atoms with Gasteiger partial charge in [0.2, 0.25) is 0 Å². The van der Waals surface area contributed by atoms with E-state index >= 15 is 0 Å². The van der Waals surface area contributed by atoms with Gasteiger partial charge >= 0.3 is 0 Å². The molecular formula is C54H58O4. The zero-order valence-corrected chi connectivity index (χ0v) is 35.5. The smallest absolute Gasteiger partial charge is 0.178 e. The molecule has 4 heteroatoms. The van der Waals surface area contributed by atoms with Crippen molar-refractivity contribution in [2.24, 2.45) is 28.6 Å². The third-order valence-corrected chi connectivity index (χ3v) is 15.7. The zero-order valence-electron chi connectivity index (χ0n) is 35.5. The summed E-state index contributed by atoms with van der Waals surface area (Å²) in [6, 6.07) is 31.3. The lowest BCUT2D eigenvalue weighted by Gasteiger charge is -2.57. The van der Waals surface area contributed by atoms with Crippen LogP contribution in [0.4, 0.5) is 0 Å². The quantitative estimate of drug-likeness (QED) is 0.172. The first-order valence-electron chi connectivity index (χ1n) is 21.9. The van der Waals surface area contributed by atoms with Gasteiger partial charge in [-0.15, -0.1) is 0 Å². The number of rotatable bonds is 6. The second kappa shape index (κ2) is 12.4. The lowest BCUT2D eigenvalue weighted by atomic mass is 9.48. The summed E-state index contributed by atoms with van der Waals surface area (Å²) in [6.07, 6.45) is 16.2. The van der Waals surface area contributed by atoms with Crippen molar-refractivity contribution in [3.63, 3.8) is 0 Å². The van der Waals surface area contributed by atoms with Crippen LogP contribution in [0.1, 0.15) is 119 Å². The number of methoxy groups -OCH3 is 3. The topological polar surface area (TPSA) is 36.9 Å². The van der Waals surface area contributed by atoms with Gasteiger partial charge in [-0.05, 0) is 162 Å². The maximum Gasteiger partial charge on any atom is 0.178 e. The highest BCUT2D eigenvalue weighted by Gasteiger charge is 2.57. The van der Waals surface area contributed by atoms with Crippen LogP contribution in [0.2, 0.25) is 0 Å². The SMILES string of the molecule is COc1ccc(C2(c3ccc(OC)cc3)C=Cc3c4c(c5cc(C67CC8CC(CC(C8)C6)C7)c(OC)cc5c3O2)-c2ccccc2C42CC(C)(C)CC(C)(C)C2)cc1. The fourth-order valence-electron chi connectivity index (χ4n) is 14.9. The molecular weight excluding hydrogens is 713 g/mol. The molecule has 5 aromatic rings. The normalized spacial score (nSPS) is 27.1. The molecule has 0 N–H and O–H groups in total. The first-order valence-corrected chi connectivity index (χ1v) is 21.9. The van der Waals surface area contributed by atoms with E-state index in [1.54, 1.807) is 14.2 Å². The molecule has 0 radical (unpaired) electrons. The molecule has 7 aliphatic rings. The van der Waals surface area contributed by atoms with E-state index in [9.17, 15) is 0 Å². The molecule has 1 heterocycles. The monoisotopic (exact) mass is 770 g/mol. The molecule has 4 bridgehead atoms. The van der Waals surface area contributed by atoms with Crippen LogP contribution < -0.4 is 18.9 Å². The van der Waals surface area contributed by atoms with Crippen molar-refractivity contribution in [1.29, 1.82) is 0 Å². The standard InChI is InChI=1S/C54H58O4/c1-50(2)30-51(3,4)32-53(31-50)44-11-9-8-10-40(44)47-42-25-45(52-27-33-22-34(28-52)24-35(23-33)29-52)46(57-7)26-43(42)49-41(48(47)53)20-21-54(58-49,36-12-16-38(55-5)17-13-36)37-14-18-39(56-6)19-15-37/h8-21,25-26,33-35H,22-24,27-32H2,1-7H3. The van der Waals surface area contributed by atoms with E-state index in [0.29, 0.717) is 0 Å². The van der Waals surface area contributed by atoms with Gasteiger partial charge in [0.05, 0.1) is 21.3 Å². The lowest BCUT2D eigenvalue weighted by Crippen LogP contribution is -2.48. The van der Waals surface area contributed by atoms with E-state index in [4.69, 9.17) is 18.9 Å². The third-order valence-electron chi connectivity index (χ3n) is 15.7. The Morgan fingerprint density at radius 1 is 0.603 bits per heavy atom. The van der Waals surface area contributed by atoms with Crippen LogP contribution in [0.25, 0.3) is 28.0 Å². The summed E-state index contributed by atoms with van der Waals surface area (Å²) < 4.78 is 25.7. The van der Waals surface area contributed by atoms with E-state index in [0.717, 1.165) is 70.1 Å². The number of fused-ring (bicyclic) bond motifs is 10. The van der Waals surface area contributed by atoms with Crippen molar-refractivity contribution in [1.82, 2.24) is 0 Å². The third kappa shape index (κ3) is 5.18. The molecule has 12 rings (SSSR count). The fourth-order valence-corrected chi connectivity index (χ4v) is 14.9. The Hall–Kier alpha value is -4.70. The van der Waals surface area contributed by atoms with Crippen LogP contribution in [0, 0.1) is 28.6 Å². The highest BCUT2D eigenvalue weighted by atomic mass is 16.5. The number of hydrogen-bond donors (Lipinski definition) is 0. The molecule has 5 fully saturated rings. The molecule has 1 spiro atoms. The molecule has 5 saturated carbocycles. The summed E-state index contributed by atoms with van der Waals surface area (Å²) in [5, 5.41) is 2.45. The highest BCUT2D eigenvalue weighted by molar-refractivity contribution is 6.09. The van der Waals surface area contributed by atoms with Crippen LogP contribution >= 0.6 is 0 Å². The molecule has 0 amide bonds. The Bertz CT molecular complexity index is 2400. The molecule has 1 aliphatic heterocycles. The largest absolute Gasteiger partial charge is 0.497 e. The van der Waals surface area contributed by atoms with Gasteiger partial charge in [-0.1, -0.05) is 82.3 Å². The molecule has 298 valence electrons. The van der Waals surface area contributed by atoms with Gasteiger partial charge < -0.3 is 18.9 Å². The van der Waals surface area contributed by atoms with Crippen molar-refractivity contribution in [2.75, 3.05) is 21.3 Å². The van der Waals surface area contributed by atoms with Crippen molar-refractivity contribution < 1.29 is 18.9 Å². The zero-order chi connectivity index (χ0) is 39.8. The average molecular weight is 771 g/mol. The second-order valence-electron chi connectivity index (χ2n) is 20.9. The van der Waals surface area contributed by atoms with Crippen LogP contribution in [0.5, 0.6) is 23.0 Å². The van der Waals surface area contributed by atoms with E-state index in [1.807, 2.05) is 31.4 Å². The van der Waals surface area contributed by atoms with Gasteiger partial charge in [0.15, 0.2) is 5.60 Å². The van der Waals surface area contributed by atoms with E-state index < -0.39 is 5.60 Å². The van der Waals surface area contributed by atoms with E-state index in [-0.39, 0.29) is 21.7 Å². The molecule has 6 aliphatic carbocycles. The van der Waals surface area contributed by atoms with Gasteiger partial charge in [0, 0.05) is 33.1 Å². The summed E-state index contributed by atoms with van der Waals surface area (Å²) in [7, 11) is 5.34. The van der Waals surface area contributed by atoms with Gasteiger partial charge in [0.1, 0.15) is 23.0 Å². The molecule has 0 aromatic heterocycles. The number of benzene rings is 5. The van der Waals surface area contributed by atoms with Crippen LogP contribution in [0.15, 0.2) is 91.0 Å². The minimum absolute atomic E-state index is 0.151. The summed E-state index contributed by atoms with van der Waals surface area (Å²) in [5.74, 6) is 6.11. The molecule has 4 nitrogen and oxygen atoms in total. The van der Waals surface area contributed by atoms with Crippen molar-refractivity contribution >= 4 is 16.8 Å². The van der Waals surface area contributed by atoms with E-state index in [1.165, 1.54) is 83.7 Å². The Morgan fingerprint density at radius 3 is 1.72 bits per heavy atom. The fraction of sp³-hybridized carbons (Fsp3) is 0.444. The Morgan fingerprint density at radius 2 is 1.17 bits per heavy atom. The van der Waals surface area contributed by atoms with Gasteiger partial charge in [-0.3, -0.25) is 0 Å². The molecule has 0 atom stereocenters. The van der Waals surface area contributed by atoms with E-state index in [2.05, 4.69) is 101 Å². The molecule has 5 aromatic carbocycles. The predicted molar refractivity (Wildman–Crippen MR) is 234 cm³/mol. The van der Waals surface area contributed by atoms with Crippen LogP contribution in [-0.4, -0.2) is 21.3 Å². The van der Waals surface area contributed by atoms with Crippen molar-refractivity contribution in [3.05, 3.63) is 124 Å². The highest BCUT2D eigenvalue weighted by Crippen LogP contribution is 2.68. The first-order chi connectivity index (χ1) is 27.9. The second-order valence-corrected chi connectivity index (χ2v) is 20.9. The molecule has 58 heavy (non-hydrogen) atoms. The maximum atomic E-state index is 7.88. The van der Waals surface area contributed by atoms with Gasteiger partial charge in [-0.2, -0.15) is 0 Å². The van der Waals surface area contributed by atoms with Crippen LogP contribution in [-0.2, 0) is 16.4 Å². The Kier molecular flexibility index (Phi) is 7.79. The Balaban J connectivity index is 1.24. The summed E-state index contributed by atoms with van der Waals surface area (Å²) in [5.41, 5.74) is 9.92. The lowest BCUT2D eigenvalue weighted by molar-refractivity contribution is -0.00609. The minimum atomic E-state index is -0.901. The summed E-state index contributed by atoms with van der Waals surface area (Å²) in [6.45, 7) is 10.0. The molecule has 0 saturated heterocycles. The van der Waals surface area contributed by atoms with Gasteiger partial charge in [-0.25, -0.2) is 0 Å².